The molecule has 0 fully saturated rings. The summed E-state index contributed by atoms with van der Waals surface area (Å²) in [4.78, 5) is 0. The van der Waals surface area contributed by atoms with Gasteiger partial charge in [-0.15, -0.1) is 0 Å². The fourth-order valence-corrected chi connectivity index (χ4v) is 0. The third-order valence-electron chi connectivity index (χ3n) is 0. The Hall–Kier alpha value is 2.38. The van der Waals surface area contributed by atoms with Gasteiger partial charge in [-0.1, -0.05) is 0 Å². The molecular formula is H8IO4Rb. The van der Waals surface area contributed by atoms with Crippen LogP contribution in [0.5, 0.6) is 0 Å². The average Bonchev–Trinajstić information content (AvgIpc) is 1.00. The van der Waals surface area contributed by atoms with Crippen LogP contribution in [0.1, 0.15) is 0 Å². The molecule has 0 aliphatic carbocycles. The van der Waals surface area contributed by atoms with E-state index in [0.29, 0.717) is 0 Å². The molecule has 8 N–H and O–H groups in total. The van der Waals surface area contributed by atoms with Crippen LogP contribution in [-0.4, -0.2) is 70.7 Å². The minimum atomic E-state index is 0. The molecule has 0 atom stereocenters. The van der Waals surface area contributed by atoms with Crippen molar-refractivity contribution in [3.63, 3.8) is 0 Å². The van der Waals surface area contributed by atoms with Crippen LogP contribution in [0.25, 0.3) is 0 Å². The van der Waals surface area contributed by atoms with Crippen molar-refractivity contribution in [3.8, 4) is 0 Å². The van der Waals surface area contributed by atoms with Crippen molar-refractivity contribution in [3.05, 3.63) is 0 Å². The molecule has 0 aromatic heterocycles. The summed E-state index contributed by atoms with van der Waals surface area (Å²) in [5.41, 5.74) is 0. The molecule has 0 spiro atoms. The molecule has 0 bridgehead atoms. The summed E-state index contributed by atoms with van der Waals surface area (Å²) in [6, 6.07) is 0. The van der Waals surface area contributed by atoms with Crippen molar-refractivity contribution in [1.82, 2.24) is 0 Å². The Labute approximate surface area is 77.8 Å². The van der Waals surface area contributed by atoms with Gasteiger partial charge in [-0.3, -0.25) is 0 Å². The first-order chi connectivity index (χ1) is 1.00. The maximum atomic E-state index is 2.36. The fourth-order valence-electron chi connectivity index (χ4n) is 0. The van der Waals surface area contributed by atoms with Crippen molar-refractivity contribution in [2.75, 3.05) is 0 Å². The van der Waals surface area contributed by atoms with Crippen LogP contribution in [0.4, 0.5) is 0 Å². The Morgan fingerprint density at radius 2 is 0.667 bits per heavy atom. The first-order valence-electron chi connectivity index (χ1n) is 0.378. The summed E-state index contributed by atoms with van der Waals surface area (Å²) in [5.74, 6) is 0. The summed E-state index contributed by atoms with van der Waals surface area (Å²) in [6.45, 7) is 0. The number of halogens is 1. The SMILES string of the molecule is O.O.O.O.[Rb][I]. The Balaban J connectivity index is -0.000000000833. The van der Waals surface area contributed by atoms with E-state index in [1.165, 1.54) is 0 Å². The molecule has 0 saturated carbocycles. The van der Waals surface area contributed by atoms with Crippen molar-refractivity contribution >= 4 is 58.2 Å². The van der Waals surface area contributed by atoms with Crippen LogP contribution in [0.3, 0.4) is 0 Å². The van der Waals surface area contributed by atoms with Crippen molar-refractivity contribution in [2.24, 2.45) is 0 Å². The van der Waals surface area contributed by atoms with Gasteiger partial charge in [-0.05, 0) is 0 Å². The van der Waals surface area contributed by atoms with Crippen molar-refractivity contribution < 1.29 is 21.9 Å². The van der Waals surface area contributed by atoms with Crippen LogP contribution in [-0.2, 0) is 0 Å². The number of hydrogen-bond donors (Lipinski definition) is 0. The van der Waals surface area contributed by atoms with Crippen LogP contribution < -0.4 is 0 Å². The molecular weight excluding hydrogens is 276 g/mol. The van der Waals surface area contributed by atoms with Gasteiger partial charge in [0.2, 0.25) is 0 Å². The van der Waals surface area contributed by atoms with Crippen LogP contribution >= 0.6 is 9.38 Å². The predicted molar refractivity (Wildman–Crippen MR) is 34.2 cm³/mol. The first-order valence-corrected chi connectivity index (χ1v) is 15.0. The molecule has 0 heterocycles. The minimum absolute atomic E-state index is 0. The third-order valence-corrected chi connectivity index (χ3v) is 0. The second-order valence-electron chi connectivity index (χ2n) is 0. The number of rotatable bonds is 0. The Morgan fingerprint density at radius 3 is 0.667 bits per heavy atom. The average molecular weight is 284 g/mol. The zero-order chi connectivity index (χ0) is 2.00. The monoisotopic (exact) mass is 284 g/mol. The van der Waals surface area contributed by atoms with Gasteiger partial charge in [0.05, 0.1) is 0 Å². The second kappa shape index (κ2) is 53.1. The van der Waals surface area contributed by atoms with Gasteiger partial charge in [0.15, 0.2) is 0 Å². The topological polar surface area (TPSA) is 126 Å². The van der Waals surface area contributed by atoms with E-state index >= 15 is 0 Å². The van der Waals surface area contributed by atoms with Gasteiger partial charge in [-0.25, -0.2) is 0 Å². The molecule has 0 radical (unpaired) electrons. The van der Waals surface area contributed by atoms with E-state index in [-0.39, 0.29) is 21.9 Å². The van der Waals surface area contributed by atoms with E-state index in [1.54, 1.807) is 0 Å². The Morgan fingerprint density at radius 1 is 0.667 bits per heavy atom. The molecule has 0 aromatic rings. The summed E-state index contributed by atoms with van der Waals surface area (Å²) >= 11 is 0.920. The summed E-state index contributed by atoms with van der Waals surface area (Å²) in [7, 11) is 2.36. The third kappa shape index (κ3) is 32.7. The summed E-state index contributed by atoms with van der Waals surface area (Å²) in [5, 5.41) is 0. The zero-order valence-corrected chi connectivity index (χ0v) is 10.5. The van der Waals surface area contributed by atoms with Gasteiger partial charge in [0.1, 0.15) is 0 Å². The van der Waals surface area contributed by atoms with Crippen molar-refractivity contribution in [2.45, 2.75) is 0 Å². The number of hydrogen-bond acceptors (Lipinski definition) is 0. The molecule has 0 amide bonds. The van der Waals surface area contributed by atoms with Crippen LogP contribution in [0.15, 0.2) is 0 Å². The quantitative estimate of drug-likeness (QED) is 0.426. The Bertz CT molecular complexity index is 7.51. The normalized spacial score (nSPS) is 1.17. The second-order valence-corrected chi connectivity index (χ2v) is 0. The van der Waals surface area contributed by atoms with E-state index in [9.17, 15) is 0 Å². The first kappa shape index (κ1) is 40.0. The standard InChI is InChI=1S/HI.4H2O.Rb/h1H;4*1H2;/q;;;;;+1/p-1. The molecule has 6 heavy (non-hydrogen) atoms. The molecule has 0 saturated heterocycles. The van der Waals surface area contributed by atoms with E-state index in [0.717, 1.165) is 48.8 Å². The van der Waals surface area contributed by atoms with E-state index in [4.69, 9.17) is 0 Å². The molecule has 40 valence electrons. The van der Waals surface area contributed by atoms with Crippen LogP contribution in [0.2, 0.25) is 0 Å². The maximum absolute atomic E-state index is 2.36. The molecule has 0 rings (SSSR count). The summed E-state index contributed by atoms with van der Waals surface area (Å²) in [6.07, 6.45) is 0. The Kier molecular flexibility index (Phi) is 354. The molecule has 0 aromatic carbocycles. The molecule has 0 aliphatic heterocycles. The molecule has 0 aliphatic rings. The van der Waals surface area contributed by atoms with Crippen molar-refractivity contribution in [1.29, 1.82) is 0 Å². The zero-order valence-electron chi connectivity index (χ0n) is 3.38. The van der Waals surface area contributed by atoms with Gasteiger partial charge in [0.25, 0.3) is 0 Å². The fraction of sp³-hybridized carbons (Fsp3) is 0. The van der Waals surface area contributed by atoms with Gasteiger partial charge in [0, 0.05) is 0 Å². The van der Waals surface area contributed by atoms with Gasteiger partial charge in [-0.2, -0.15) is 0 Å². The summed E-state index contributed by atoms with van der Waals surface area (Å²) < 4.78 is 0. The van der Waals surface area contributed by atoms with Crippen LogP contribution in [0, 0.1) is 0 Å². The predicted octanol–water partition coefficient (Wildman–Crippen LogP) is -2.79. The van der Waals surface area contributed by atoms with Gasteiger partial charge < -0.3 is 21.9 Å². The van der Waals surface area contributed by atoms with E-state index < -0.39 is 0 Å². The molecule has 4 nitrogen and oxygen atoms in total. The van der Waals surface area contributed by atoms with E-state index in [2.05, 4.69) is 9.38 Å². The van der Waals surface area contributed by atoms with E-state index in [1.807, 2.05) is 0 Å². The molecule has 0 unspecified atom stereocenters. The van der Waals surface area contributed by atoms with Gasteiger partial charge >= 0.3 is 58.2 Å². The molecule has 6 heteroatoms.